The van der Waals surface area contributed by atoms with Crippen LogP contribution in [0, 0.1) is 5.82 Å². The van der Waals surface area contributed by atoms with Gasteiger partial charge in [-0.3, -0.25) is 4.79 Å². The molecule has 2 aromatic carbocycles. The van der Waals surface area contributed by atoms with Crippen molar-refractivity contribution in [3.05, 3.63) is 66.0 Å². The van der Waals surface area contributed by atoms with E-state index in [1.807, 2.05) is 30.3 Å². The lowest BCUT2D eigenvalue weighted by Gasteiger charge is -2.33. The van der Waals surface area contributed by atoms with Crippen molar-refractivity contribution in [2.75, 3.05) is 44.2 Å². The van der Waals surface area contributed by atoms with Crippen molar-refractivity contribution in [2.45, 2.75) is 12.8 Å². The number of nitrogens with one attached hydrogen (secondary N) is 2. The minimum Gasteiger partial charge on any atom is -0.360 e. The molecule has 1 atom stereocenters. The number of quaternary nitrogens is 1. The molecule has 0 bridgehead atoms. The zero-order chi connectivity index (χ0) is 18.4. The largest absolute Gasteiger partial charge is 0.360 e. The van der Waals surface area contributed by atoms with Crippen LogP contribution in [0.3, 0.4) is 0 Å². The number of hydrogen-bond donors (Lipinski definition) is 2. The quantitative estimate of drug-likeness (QED) is 0.822. The molecule has 1 fully saturated rings. The van der Waals surface area contributed by atoms with Crippen LogP contribution < -0.4 is 15.1 Å². The maximum absolute atomic E-state index is 13.0. The summed E-state index contributed by atoms with van der Waals surface area (Å²) in [4.78, 5) is 15.8. The minimum absolute atomic E-state index is 0.109. The second-order valence-electron chi connectivity index (χ2n) is 7.01. The highest BCUT2D eigenvalue weighted by Gasteiger charge is 2.22. The Balaban J connectivity index is 1.40. The van der Waals surface area contributed by atoms with E-state index in [9.17, 15) is 9.18 Å². The third kappa shape index (κ3) is 5.05. The van der Waals surface area contributed by atoms with Gasteiger partial charge in [0.05, 0.1) is 26.2 Å². The van der Waals surface area contributed by atoms with Crippen LogP contribution in [0.1, 0.15) is 18.4 Å². The molecule has 1 saturated heterocycles. The molecule has 26 heavy (non-hydrogen) atoms. The Morgan fingerprint density at radius 3 is 2.42 bits per heavy atom. The fraction of sp³-hybridized carbons (Fsp3) is 0.381. The Kier molecular flexibility index (Phi) is 6.23. The standard InChI is InChI=1S/C21H26FN3O/c1-17(18-5-3-2-4-6-18)15-23-21(26)16-24-11-13-25(14-12-24)20-9-7-19(22)8-10-20/h2-10,17H,11-16H2,1H3,(H,23,26)/p+1/t17-/m0/s1. The fourth-order valence-electron chi connectivity index (χ4n) is 3.37. The summed E-state index contributed by atoms with van der Waals surface area (Å²) >= 11 is 0. The van der Waals surface area contributed by atoms with Crippen molar-refractivity contribution in [3.8, 4) is 0 Å². The molecule has 3 rings (SSSR count). The summed E-state index contributed by atoms with van der Waals surface area (Å²) in [7, 11) is 0. The number of amides is 1. The lowest BCUT2D eigenvalue weighted by Crippen LogP contribution is -3.16. The number of piperazine rings is 1. The number of hydrogen-bond acceptors (Lipinski definition) is 2. The molecule has 1 aliphatic heterocycles. The highest BCUT2D eigenvalue weighted by atomic mass is 19.1. The van der Waals surface area contributed by atoms with Crippen LogP contribution in [0.2, 0.25) is 0 Å². The van der Waals surface area contributed by atoms with Gasteiger partial charge in [0.25, 0.3) is 5.91 Å². The predicted octanol–water partition coefficient (Wildman–Crippen LogP) is 1.45. The Labute approximate surface area is 154 Å². The maximum Gasteiger partial charge on any atom is 0.275 e. The first-order chi connectivity index (χ1) is 12.6. The second-order valence-corrected chi connectivity index (χ2v) is 7.01. The van der Waals surface area contributed by atoms with Gasteiger partial charge in [-0.05, 0) is 35.7 Å². The van der Waals surface area contributed by atoms with Crippen LogP contribution >= 0.6 is 0 Å². The zero-order valence-electron chi connectivity index (χ0n) is 15.2. The van der Waals surface area contributed by atoms with E-state index in [4.69, 9.17) is 0 Å². The van der Waals surface area contributed by atoms with Gasteiger partial charge in [0.1, 0.15) is 5.82 Å². The molecule has 0 aliphatic carbocycles. The number of nitrogens with zero attached hydrogens (tertiary/aromatic N) is 1. The molecular weight excluding hydrogens is 329 g/mol. The molecular formula is C21H27FN3O+. The summed E-state index contributed by atoms with van der Waals surface area (Å²) in [5, 5.41) is 3.06. The van der Waals surface area contributed by atoms with E-state index in [-0.39, 0.29) is 11.7 Å². The summed E-state index contributed by atoms with van der Waals surface area (Å²) < 4.78 is 13.0. The number of anilines is 1. The Morgan fingerprint density at radius 2 is 1.77 bits per heavy atom. The van der Waals surface area contributed by atoms with E-state index in [2.05, 4.69) is 29.3 Å². The highest BCUT2D eigenvalue weighted by molar-refractivity contribution is 5.76. The fourth-order valence-corrected chi connectivity index (χ4v) is 3.37. The van der Waals surface area contributed by atoms with Crippen molar-refractivity contribution in [3.63, 3.8) is 0 Å². The SMILES string of the molecule is C[C@@H](CNC(=O)C[NH+]1CCN(c2ccc(F)cc2)CC1)c1ccccc1. The number of rotatable bonds is 6. The van der Waals surface area contributed by atoms with Gasteiger partial charge in [-0.15, -0.1) is 0 Å². The Hall–Kier alpha value is -2.40. The molecule has 138 valence electrons. The van der Waals surface area contributed by atoms with Gasteiger partial charge in [0.15, 0.2) is 6.54 Å². The number of carbonyl (C=O) groups is 1. The first kappa shape index (κ1) is 18.4. The molecule has 5 heteroatoms. The second kappa shape index (κ2) is 8.81. The molecule has 0 saturated carbocycles. The Morgan fingerprint density at radius 1 is 1.12 bits per heavy atom. The Bertz CT molecular complexity index is 697. The molecule has 0 spiro atoms. The smallest absolute Gasteiger partial charge is 0.275 e. The van der Waals surface area contributed by atoms with Gasteiger partial charge in [0.2, 0.25) is 0 Å². The van der Waals surface area contributed by atoms with E-state index in [0.29, 0.717) is 19.0 Å². The van der Waals surface area contributed by atoms with E-state index in [1.165, 1.54) is 22.6 Å². The monoisotopic (exact) mass is 356 g/mol. The zero-order valence-corrected chi connectivity index (χ0v) is 15.2. The van der Waals surface area contributed by atoms with Crippen LogP contribution in [0.25, 0.3) is 0 Å². The topological polar surface area (TPSA) is 36.8 Å². The first-order valence-corrected chi connectivity index (χ1v) is 9.27. The third-order valence-corrected chi connectivity index (χ3v) is 5.05. The average Bonchev–Trinajstić information content (AvgIpc) is 2.68. The van der Waals surface area contributed by atoms with Gasteiger partial charge >= 0.3 is 0 Å². The van der Waals surface area contributed by atoms with E-state index < -0.39 is 0 Å². The normalized spacial score (nSPS) is 16.3. The van der Waals surface area contributed by atoms with Crippen molar-refractivity contribution in [2.24, 2.45) is 0 Å². The molecule has 0 aromatic heterocycles. The summed E-state index contributed by atoms with van der Waals surface area (Å²) in [5.74, 6) is 0.211. The van der Waals surface area contributed by atoms with Crippen molar-refractivity contribution >= 4 is 11.6 Å². The van der Waals surface area contributed by atoms with E-state index in [1.54, 1.807) is 0 Å². The number of benzene rings is 2. The molecule has 4 nitrogen and oxygen atoms in total. The van der Waals surface area contributed by atoms with Gasteiger partial charge in [-0.25, -0.2) is 4.39 Å². The summed E-state index contributed by atoms with van der Waals surface area (Å²) in [6.45, 7) is 6.90. The summed E-state index contributed by atoms with van der Waals surface area (Å²) in [5.41, 5.74) is 2.29. The number of halogens is 1. The molecule has 2 aromatic rings. The lowest BCUT2D eigenvalue weighted by atomic mass is 10.0. The van der Waals surface area contributed by atoms with Gasteiger partial charge in [0, 0.05) is 12.2 Å². The van der Waals surface area contributed by atoms with Gasteiger partial charge in [-0.1, -0.05) is 37.3 Å². The molecule has 0 unspecified atom stereocenters. The molecule has 0 radical (unpaired) electrons. The van der Waals surface area contributed by atoms with Crippen molar-refractivity contribution in [1.82, 2.24) is 5.32 Å². The van der Waals surface area contributed by atoms with E-state index in [0.717, 1.165) is 31.9 Å². The lowest BCUT2D eigenvalue weighted by molar-refractivity contribution is -0.892. The third-order valence-electron chi connectivity index (χ3n) is 5.05. The maximum atomic E-state index is 13.0. The summed E-state index contributed by atoms with van der Waals surface area (Å²) in [6.07, 6.45) is 0. The van der Waals surface area contributed by atoms with Crippen LogP contribution in [-0.4, -0.2) is 45.2 Å². The van der Waals surface area contributed by atoms with Crippen LogP contribution in [0.4, 0.5) is 10.1 Å². The van der Waals surface area contributed by atoms with Gasteiger partial charge < -0.3 is 15.1 Å². The van der Waals surface area contributed by atoms with Gasteiger partial charge in [-0.2, -0.15) is 0 Å². The average molecular weight is 356 g/mol. The molecule has 2 N–H and O–H groups in total. The van der Waals surface area contributed by atoms with Crippen molar-refractivity contribution < 1.29 is 14.1 Å². The van der Waals surface area contributed by atoms with Crippen LogP contribution in [-0.2, 0) is 4.79 Å². The predicted molar refractivity (Wildman–Crippen MR) is 102 cm³/mol. The molecule has 1 heterocycles. The van der Waals surface area contributed by atoms with E-state index >= 15 is 0 Å². The van der Waals surface area contributed by atoms with Crippen LogP contribution in [0.15, 0.2) is 54.6 Å². The van der Waals surface area contributed by atoms with Crippen LogP contribution in [0.5, 0.6) is 0 Å². The number of carbonyl (C=O) groups excluding carboxylic acids is 1. The van der Waals surface area contributed by atoms with Crippen molar-refractivity contribution in [1.29, 1.82) is 0 Å². The first-order valence-electron chi connectivity index (χ1n) is 9.27. The minimum atomic E-state index is -0.209. The molecule has 1 amide bonds. The highest BCUT2D eigenvalue weighted by Crippen LogP contribution is 2.14. The molecule has 1 aliphatic rings. The summed E-state index contributed by atoms with van der Waals surface area (Å²) in [6, 6.07) is 16.9.